The van der Waals surface area contributed by atoms with Crippen LogP contribution in [0.3, 0.4) is 0 Å². The molecule has 0 fully saturated rings. The molecule has 0 radical (unpaired) electrons. The minimum Gasteiger partial charge on any atom is -0.508 e. The minimum atomic E-state index is -0.599. The molecule has 0 aliphatic heterocycles. The third-order valence-electron chi connectivity index (χ3n) is 16.6. The third kappa shape index (κ3) is 12.7. The van der Waals surface area contributed by atoms with E-state index in [1.54, 1.807) is 72.8 Å². The maximum atomic E-state index is 10.1. The summed E-state index contributed by atoms with van der Waals surface area (Å²) in [6.45, 7) is 10.3. The molecule has 9 aromatic rings. The Bertz CT molecular complexity index is 2870. The van der Waals surface area contributed by atoms with Crippen LogP contribution in [0, 0.1) is 0 Å². The van der Waals surface area contributed by atoms with Crippen molar-refractivity contribution in [1.82, 2.24) is 0 Å². The second-order valence-corrected chi connectivity index (χ2v) is 21.8. The van der Waals surface area contributed by atoms with Crippen molar-refractivity contribution in [3.8, 4) is 51.7 Å². The van der Waals surface area contributed by atoms with Crippen LogP contribution in [-0.4, -0.2) is 50.5 Å². The first-order valence-electron chi connectivity index (χ1n) is 27.5. The highest BCUT2D eigenvalue weighted by atomic mass is 16.5. The number of ether oxygens (including phenoxy) is 3. The zero-order chi connectivity index (χ0) is 56.3. The molecular formula is C71H72O9. The smallest absolute Gasteiger partial charge is 0.119 e. The van der Waals surface area contributed by atoms with Gasteiger partial charge in [0.1, 0.15) is 51.7 Å². The Morgan fingerprint density at radius 2 is 0.400 bits per heavy atom. The van der Waals surface area contributed by atoms with Gasteiger partial charge in [0.05, 0.1) is 19.8 Å². The van der Waals surface area contributed by atoms with Gasteiger partial charge in [0.25, 0.3) is 0 Å². The summed E-state index contributed by atoms with van der Waals surface area (Å²) in [5.74, 6) is 3.57. The first-order valence-corrected chi connectivity index (χ1v) is 27.5. The zero-order valence-electron chi connectivity index (χ0n) is 46.1. The van der Waals surface area contributed by atoms with Crippen LogP contribution in [0.2, 0.25) is 0 Å². The minimum absolute atomic E-state index is 0.214. The van der Waals surface area contributed by atoms with Crippen LogP contribution in [0.25, 0.3) is 0 Å². The lowest BCUT2D eigenvalue weighted by molar-refractivity contribution is 0.293. The normalized spacial score (nSPS) is 12.0. The summed E-state index contributed by atoms with van der Waals surface area (Å²) in [6.07, 6.45) is 4.59. The fraction of sp³-hybridized carbons (Fsp3) is 0.239. The molecule has 0 spiro atoms. The molecule has 80 heavy (non-hydrogen) atoms. The quantitative estimate of drug-likeness (QED) is 0.0257. The van der Waals surface area contributed by atoms with Gasteiger partial charge in [-0.05, 0) is 205 Å². The Hall–Kier alpha value is -8.82. The van der Waals surface area contributed by atoms with Gasteiger partial charge < -0.3 is 44.8 Å². The van der Waals surface area contributed by atoms with Crippen LogP contribution in [0.1, 0.15) is 116 Å². The average Bonchev–Trinajstić information content (AvgIpc) is 3.53. The van der Waals surface area contributed by atoms with E-state index in [9.17, 15) is 30.6 Å². The van der Waals surface area contributed by atoms with E-state index in [1.165, 1.54) is 0 Å². The third-order valence-corrected chi connectivity index (χ3v) is 16.6. The van der Waals surface area contributed by atoms with E-state index in [2.05, 4.69) is 64.1 Å². The fourth-order valence-electron chi connectivity index (χ4n) is 11.3. The number of hydrogen-bond acceptors (Lipinski definition) is 9. The fourth-order valence-corrected chi connectivity index (χ4v) is 11.3. The van der Waals surface area contributed by atoms with Crippen molar-refractivity contribution in [3.05, 3.63) is 268 Å². The van der Waals surface area contributed by atoms with E-state index in [-0.39, 0.29) is 50.7 Å². The van der Waals surface area contributed by atoms with Gasteiger partial charge in [0, 0.05) is 21.7 Å². The summed E-state index contributed by atoms with van der Waals surface area (Å²) >= 11 is 0. The van der Waals surface area contributed by atoms with Crippen molar-refractivity contribution < 1.29 is 44.8 Å². The summed E-state index contributed by atoms with van der Waals surface area (Å²) in [6, 6.07) is 69.1. The summed E-state index contributed by atoms with van der Waals surface area (Å²) in [5, 5.41) is 60.3. The highest BCUT2D eigenvalue weighted by Gasteiger charge is 2.34. The zero-order valence-corrected chi connectivity index (χ0v) is 46.1. The van der Waals surface area contributed by atoms with E-state index >= 15 is 0 Å². The van der Waals surface area contributed by atoms with Crippen LogP contribution >= 0.6 is 0 Å². The predicted octanol–water partition coefficient (Wildman–Crippen LogP) is 15.8. The van der Waals surface area contributed by atoms with Crippen LogP contribution in [0.15, 0.2) is 218 Å². The van der Waals surface area contributed by atoms with E-state index in [0.717, 1.165) is 106 Å². The maximum absolute atomic E-state index is 10.1. The van der Waals surface area contributed by atoms with E-state index in [1.807, 2.05) is 109 Å². The molecule has 9 nitrogen and oxygen atoms in total. The molecule has 0 aliphatic carbocycles. The molecule has 9 aromatic carbocycles. The van der Waals surface area contributed by atoms with Gasteiger partial charge in [-0.15, -0.1) is 0 Å². The molecule has 0 unspecified atom stereocenters. The van der Waals surface area contributed by atoms with Gasteiger partial charge in [-0.2, -0.15) is 0 Å². The molecule has 0 saturated carbocycles. The molecule has 0 saturated heterocycles. The molecular weight excluding hydrogens is 997 g/mol. The molecule has 6 N–H and O–H groups in total. The topological polar surface area (TPSA) is 149 Å². The standard InChI is InChI=1S/C71H72O9/c1-68(50-8-26-59(72)27-9-50,51-10-28-60(73)29-11-51)44-5-47-78-65-38-20-56(21-39-65)71(4,57-22-40-66(41-23-57)79-48-6-45-69(2,52-12-30-61(74)31-13-52)53-14-32-62(75)33-15-53)58-24-42-67(43-25-58)80-49-7-46-70(3,54-16-34-63(76)35-17-54)55-18-36-64(77)37-19-55/h8-43,72-77H,5-7,44-49H2,1-4H3. The molecule has 0 aliphatic rings. The van der Waals surface area contributed by atoms with Crippen molar-refractivity contribution >= 4 is 0 Å². The molecule has 410 valence electrons. The van der Waals surface area contributed by atoms with E-state index in [4.69, 9.17) is 14.2 Å². The van der Waals surface area contributed by atoms with E-state index in [0.29, 0.717) is 19.8 Å². The summed E-state index contributed by atoms with van der Waals surface area (Å²) < 4.78 is 19.3. The monoisotopic (exact) mass is 1070 g/mol. The number of benzene rings is 9. The molecule has 0 atom stereocenters. The van der Waals surface area contributed by atoms with Gasteiger partial charge in [-0.3, -0.25) is 0 Å². The second kappa shape index (κ2) is 24.5. The second-order valence-electron chi connectivity index (χ2n) is 21.8. The van der Waals surface area contributed by atoms with E-state index < -0.39 is 5.41 Å². The SMILES string of the molecule is CC(CCCOc1ccc(C(C)(c2ccc(OCCCC(C)(c3ccc(O)cc3)c3ccc(O)cc3)cc2)c2ccc(OCCCC(C)(c3ccc(O)cc3)c3ccc(O)cc3)cc2)cc1)(c1ccc(O)cc1)c1ccc(O)cc1. The van der Waals surface area contributed by atoms with Crippen molar-refractivity contribution in [2.24, 2.45) is 0 Å². The van der Waals surface area contributed by atoms with Crippen molar-refractivity contribution in [2.75, 3.05) is 19.8 Å². The van der Waals surface area contributed by atoms with Crippen LogP contribution < -0.4 is 14.2 Å². The lowest BCUT2D eigenvalue weighted by Gasteiger charge is -2.33. The number of phenols is 6. The number of phenolic OH excluding ortho intramolecular Hbond substituents is 6. The summed E-state index contributed by atoms with van der Waals surface area (Å²) in [7, 11) is 0. The Morgan fingerprint density at radius 3 is 0.575 bits per heavy atom. The van der Waals surface area contributed by atoms with Gasteiger partial charge in [0.15, 0.2) is 0 Å². The number of aromatic hydroxyl groups is 6. The Balaban J connectivity index is 0.907. The predicted molar refractivity (Wildman–Crippen MR) is 317 cm³/mol. The van der Waals surface area contributed by atoms with Gasteiger partial charge in [-0.25, -0.2) is 0 Å². The Morgan fingerprint density at radius 1 is 0.237 bits per heavy atom. The average molecular weight is 1070 g/mol. The summed E-state index contributed by atoms with van der Waals surface area (Å²) in [5.41, 5.74) is 7.88. The van der Waals surface area contributed by atoms with Gasteiger partial charge in [0.2, 0.25) is 0 Å². The van der Waals surface area contributed by atoms with Crippen LogP contribution in [0.4, 0.5) is 0 Å². The van der Waals surface area contributed by atoms with Gasteiger partial charge >= 0.3 is 0 Å². The molecule has 9 rings (SSSR count). The number of rotatable bonds is 24. The molecule has 0 aromatic heterocycles. The molecule has 0 heterocycles. The molecule has 0 bridgehead atoms. The van der Waals surface area contributed by atoms with Crippen molar-refractivity contribution in [2.45, 2.75) is 87.9 Å². The van der Waals surface area contributed by atoms with Crippen molar-refractivity contribution in [3.63, 3.8) is 0 Å². The van der Waals surface area contributed by atoms with Crippen LogP contribution in [0.5, 0.6) is 51.7 Å². The van der Waals surface area contributed by atoms with Crippen molar-refractivity contribution in [1.29, 1.82) is 0 Å². The first-order chi connectivity index (χ1) is 38.5. The maximum Gasteiger partial charge on any atom is 0.119 e. The Kier molecular flexibility index (Phi) is 17.1. The summed E-state index contributed by atoms with van der Waals surface area (Å²) in [4.78, 5) is 0. The molecule has 0 amide bonds. The van der Waals surface area contributed by atoms with Crippen LogP contribution in [-0.2, 0) is 21.7 Å². The Labute approximate surface area is 470 Å². The first kappa shape index (κ1) is 55.9. The lowest BCUT2D eigenvalue weighted by atomic mass is 9.71. The number of hydrogen-bond donors (Lipinski definition) is 6. The van der Waals surface area contributed by atoms with Gasteiger partial charge in [-0.1, -0.05) is 130 Å². The lowest BCUT2D eigenvalue weighted by Crippen LogP contribution is -2.25. The highest BCUT2D eigenvalue weighted by molar-refractivity contribution is 5.53. The molecule has 9 heteroatoms. The largest absolute Gasteiger partial charge is 0.508 e. The highest BCUT2D eigenvalue weighted by Crippen LogP contribution is 2.43.